The molecule has 0 aliphatic heterocycles. The second kappa shape index (κ2) is 12.1. The fourth-order valence-electron chi connectivity index (χ4n) is 4.06. The molecule has 0 aromatic heterocycles. The molecule has 10 nitrogen and oxygen atoms in total. The first-order valence-electron chi connectivity index (χ1n) is 11.5. The van der Waals surface area contributed by atoms with Crippen molar-refractivity contribution in [2.75, 3.05) is 66.6 Å². The molecular weight excluding hydrogens is 492 g/mol. The average Bonchev–Trinajstić information content (AvgIpc) is 2.97. The van der Waals surface area contributed by atoms with Crippen molar-refractivity contribution < 1.29 is 38.0 Å². The summed E-state index contributed by atoms with van der Waals surface area (Å²) in [7, 11) is 12.3. The highest BCUT2D eigenvalue weighted by Gasteiger charge is 2.27. The van der Waals surface area contributed by atoms with Crippen molar-refractivity contribution in [2.45, 2.75) is 0 Å². The van der Waals surface area contributed by atoms with Crippen LogP contribution in [0.25, 0.3) is 0 Å². The maximum atomic E-state index is 13.0. The first-order chi connectivity index (χ1) is 18.2. The van der Waals surface area contributed by atoms with Crippen LogP contribution in [0.4, 0.5) is 22.7 Å². The highest BCUT2D eigenvalue weighted by atomic mass is 16.5. The summed E-state index contributed by atoms with van der Waals surface area (Å²) in [6.45, 7) is 0. The van der Waals surface area contributed by atoms with Crippen LogP contribution in [0.5, 0.6) is 23.0 Å². The van der Waals surface area contributed by atoms with Crippen molar-refractivity contribution in [3.8, 4) is 23.0 Å². The molecule has 0 spiro atoms. The molecule has 10 heteroatoms. The molecule has 0 heterocycles. The van der Waals surface area contributed by atoms with Gasteiger partial charge in [0.15, 0.2) is 0 Å². The van der Waals surface area contributed by atoms with Crippen molar-refractivity contribution in [1.29, 1.82) is 0 Å². The van der Waals surface area contributed by atoms with Gasteiger partial charge >= 0.3 is 11.9 Å². The number of methoxy groups -OCH3 is 6. The van der Waals surface area contributed by atoms with E-state index in [2.05, 4.69) is 0 Å². The predicted molar refractivity (Wildman–Crippen MR) is 144 cm³/mol. The van der Waals surface area contributed by atoms with E-state index in [-0.39, 0.29) is 11.1 Å². The van der Waals surface area contributed by atoms with E-state index in [0.29, 0.717) is 45.7 Å². The van der Waals surface area contributed by atoms with Gasteiger partial charge in [0.05, 0.1) is 76.5 Å². The van der Waals surface area contributed by atoms with Crippen LogP contribution in [0.3, 0.4) is 0 Å². The van der Waals surface area contributed by atoms with Gasteiger partial charge in [-0.2, -0.15) is 0 Å². The van der Waals surface area contributed by atoms with Crippen LogP contribution in [0.15, 0.2) is 48.5 Å². The minimum atomic E-state index is -0.591. The first kappa shape index (κ1) is 28.0. The molecule has 3 aromatic carbocycles. The average molecular weight is 525 g/mol. The molecular formula is C28H32N2O8. The molecule has 0 N–H and O–H groups in total. The lowest BCUT2D eigenvalue weighted by atomic mass is 10.0. The molecule has 3 rings (SSSR count). The number of hydrogen-bond acceptors (Lipinski definition) is 10. The normalized spacial score (nSPS) is 10.3. The number of carbonyl (C=O) groups excluding carboxylic acids is 2. The van der Waals surface area contributed by atoms with Crippen molar-refractivity contribution in [3.05, 3.63) is 59.7 Å². The maximum Gasteiger partial charge on any atom is 0.340 e. The predicted octanol–water partition coefficient (Wildman–Crippen LogP) is 4.83. The number of hydrogen-bond donors (Lipinski definition) is 0. The summed E-state index contributed by atoms with van der Waals surface area (Å²) in [5, 5.41) is 0. The number of ether oxygens (including phenoxy) is 6. The molecule has 0 saturated carbocycles. The minimum absolute atomic E-state index is 0.217. The molecule has 0 radical (unpaired) electrons. The number of anilines is 4. The molecule has 0 amide bonds. The zero-order valence-corrected chi connectivity index (χ0v) is 22.8. The van der Waals surface area contributed by atoms with Gasteiger partial charge in [0.1, 0.15) is 23.0 Å². The Kier molecular flexibility index (Phi) is 8.90. The molecule has 0 saturated heterocycles. The smallest absolute Gasteiger partial charge is 0.340 e. The SMILES string of the molecule is COC(=O)c1cc(N(C)c2ccc(OC)cc2OC)c(C(=O)OC)cc1N(C)c1ccc(OC)cc1OC. The van der Waals surface area contributed by atoms with Gasteiger partial charge in [0, 0.05) is 26.2 Å². The molecule has 0 bridgehead atoms. The molecule has 0 aliphatic carbocycles. The standard InChI is InChI=1S/C28H32N2O8/c1-29(21-11-9-17(33-3)13-25(21)35-5)23-15-20(28(32)38-8)24(16-19(23)27(31)37-7)30(2)22-12-10-18(34-4)14-26(22)36-6/h9-16H,1-8H3. The Morgan fingerprint density at radius 2 is 0.895 bits per heavy atom. The van der Waals surface area contributed by atoms with Gasteiger partial charge in [-0.05, 0) is 36.4 Å². The van der Waals surface area contributed by atoms with Gasteiger partial charge < -0.3 is 38.2 Å². The van der Waals surface area contributed by atoms with Crippen molar-refractivity contribution in [1.82, 2.24) is 0 Å². The third-order valence-electron chi connectivity index (χ3n) is 6.14. The van der Waals surface area contributed by atoms with E-state index in [9.17, 15) is 9.59 Å². The van der Waals surface area contributed by atoms with E-state index in [1.165, 1.54) is 28.4 Å². The van der Waals surface area contributed by atoms with E-state index in [1.807, 2.05) is 0 Å². The maximum absolute atomic E-state index is 13.0. The van der Waals surface area contributed by atoms with Crippen molar-refractivity contribution in [2.24, 2.45) is 0 Å². The van der Waals surface area contributed by atoms with Gasteiger partial charge in [-0.3, -0.25) is 0 Å². The fraction of sp³-hybridized carbons (Fsp3) is 0.286. The Hall–Kier alpha value is -4.60. The van der Waals surface area contributed by atoms with Crippen LogP contribution >= 0.6 is 0 Å². The van der Waals surface area contributed by atoms with Crippen LogP contribution in [0.1, 0.15) is 20.7 Å². The molecule has 202 valence electrons. The number of benzene rings is 3. The Labute approximate surface area is 222 Å². The molecule has 0 aliphatic rings. The molecule has 0 atom stereocenters. The highest BCUT2D eigenvalue weighted by Crippen LogP contribution is 2.42. The lowest BCUT2D eigenvalue weighted by Gasteiger charge is -2.28. The summed E-state index contributed by atoms with van der Waals surface area (Å²) < 4.78 is 31.9. The number of nitrogens with zero attached hydrogens (tertiary/aromatic N) is 2. The van der Waals surface area contributed by atoms with Gasteiger partial charge in [0.2, 0.25) is 0 Å². The number of rotatable bonds is 10. The van der Waals surface area contributed by atoms with E-state index in [0.717, 1.165) is 0 Å². The Morgan fingerprint density at radius 3 is 1.18 bits per heavy atom. The van der Waals surface area contributed by atoms with E-state index in [1.54, 1.807) is 86.6 Å². The topological polar surface area (TPSA) is 96.0 Å². The van der Waals surface area contributed by atoms with Gasteiger partial charge in [-0.25, -0.2) is 9.59 Å². The lowest BCUT2D eigenvalue weighted by molar-refractivity contribution is 0.0588. The summed E-state index contributed by atoms with van der Waals surface area (Å²) in [4.78, 5) is 29.5. The van der Waals surface area contributed by atoms with E-state index < -0.39 is 11.9 Å². The number of carbonyl (C=O) groups is 2. The molecule has 0 fully saturated rings. The van der Waals surface area contributed by atoms with Crippen LogP contribution < -0.4 is 28.7 Å². The third kappa shape index (κ3) is 5.39. The van der Waals surface area contributed by atoms with Gasteiger partial charge in [0.25, 0.3) is 0 Å². The van der Waals surface area contributed by atoms with Crippen molar-refractivity contribution in [3.63, 3.8) is 0 Å². The Morgan fingerprint density at radius 1 is 0.526 bits per heavy atom. The van der Waals surface area contributed by atoms with Crippen molar-refractivity contribution >= 4 is 34.7 Å². The van der Waals surface area contributed by atoms with Gasteiger partial charge in [-0.1, -0.05) is 0 Å². The summed E-state index contributed by atoms with van der Waals surface area (Å²) in [6.07, 6.45) is 0. The zero-order valence-electron chi connectivity index (χ0n) is 22.8. The summed E-state index contributed by atoms with van der Waals surface area (Å²) in [5.41, 5.74) is 2.50. The Balaban J connectivity index is 2.27. The zero-order chi connectivity index (χ0) is 28.0. The summed E-state index contributed by atoms with van der Waals surface area (Å²) in [5.74, 6) is 1.04. The monoisotopic (exact) mass is 524 g/mol. The molecule has 38 heavy (non-hydrogen) atoms. The second-order valence-electron chi connectivity index (χ2n) is 8.06. The second-order valence-corrected chi connectivity index (χ2v) is 8.06. The van der Waals surface area contributed by atoms with Crippen LogP contribution in [0, 0.1) is 0 Å². The summed E-state index contributed by atoms with van der Waals surface area (Å²) in [6, 6.07) is 13.7. The lowest BCUT2D eigenvalue weighted by Crippen LogP contribution is -2.21. The van der Waals surface area contributed by atoms with E-state index in [4.69, 9.17) is 28.4 Å². The first-order valence-corrected chi connectivity index (χ1v) is 11.5. The van der Waals surface area contributed by atoms with Crippen LogP contribution in [-0.4, -0.2) is 68.7 Å². The van der Waals surface area contributed by atoms with E-state index >= 15 is 0 Å². The Bertz CT molecular complexity index is 1220. The number of esters is 2. The van der Waals surface area contributed by atoms with Gasteiger partial charge in [-0.15, -0.1) is 0 Å². The minimum Gasteiger partial charge on any atom is -0.497 e. The van der Waals surface area contributed by atoms with Crippen LogP contribution in [-0.2, 0) is 9.47 Å². The highest BCUT2D eigenvalue weighted by molar-refractivity contribution is 6.05. The summed E-state index contributed by atoms with van der Waals surface area (Å²) >= 11 is 0. The third-order valence-corrected chi connectivity index (χ3v) is 6.14. The fourth-order valence-corrected chi connectivity index (χ4v) is 4.06. The quantitative estimate of drug-likeness (QED) is 0.343. The molecule has 3 aromatic rings. The van der Waals surface area contributed by atoms with Crippen LogP contribution in [0.2, 0.25) is 0 Å². The molecule has 0 unspecified atom stereocenters. The largest absolute Gasteiger partial charge is 0.497 e.